The number of amides is 2. The van der Waals surface area contributed by atoms with Crippen LogP contribution in [0.3, 0.4) is 0 Å². The van der Waals surface area contributed by atoms with Gasteiger partial charge in [-0.05, 0) is 44.5 Å². The molecule has 4 aromatic rings. The molecular weight excluding hydrogens is 436 g/mol. The Bertz CT molecular complexity index is 1510. The first-order valence-electron chi connectivity index (χ1n) is 11.0. The average molecular weight is 463 g/mol. The summed E-state index contributed by atoms with van der Waals surface area (Å²) >= 11 is 0. The Morgan fingerprint density at radius 1 is 1.00 bits per heavy atom. The summed E-state index contributed by atoms with van der Waals surface area (Å²) in [4.78, 5) is 51.3. The number of benzene rings is 2. The highest BCUT2D eigenvalue weighted by atomic mass is 16.2. The second-order valence-electron chi connectivity index (χ2n) is 8.38. The van der Waals surface area contributed by atoms with Crippen molar-refractivity contribution in [1.29, 1.82) is 0 Å². The third-order valence-electron chi connectivity index (χ3n) is 5.41. The third kappa shape index (κ3) is 4.47. The van der Waals surface area contributed by atoms with E-state index in [1.165, 1.54) is 8.97 Å². The van der Waals surface area contributed by atoms with Gasteiger partial charge in [0.25, 0.3) is 5.56 Å². The molecule has 10 nitrogen and oxygen atoms in total. The van der Waals surface area contributed by atoms with Crippen LogP contribution < -0.4 is 21.9 Å². The van der Waals surface area contributed by atoms with Gasteiger partial charge < -0.3 is 10.6 Å². The van der Waals surface area contributed by atoms with Crippen LogP contribution in [0.1, 0.15) is 25.8 Å². The number of carbonyl (C=O) groups is 2. The van der Waals surface area contributed by atoms with Gasteiger partial charge in [-0.25, -0.2) is 13.9 Å². The zero-order chi connectivity index (χ0) is 24.4. The van der Waals surface area contributed by atoms with Crippen molar-refractivity contribution >= 4 is 34.2 Å². The molecule has 0 atom stereocenters. The maximum atomic E-state index is 13.2. The Kier molecular flexibility index (Phi) is 6.31. The normalized spacial score (nSPS) is 11.3. The van der Waals surface area contributed by atoms with Gasteiger partial charge in [-0.2, -0.15) is 0 Å². The molecule has 176 valence electrons. The van der Waals surface area contributed by atoms with Crippen molar-refractivity contribution in [3.05, 3.63) is 74.9 Å². The Labute approximate surface area is 194 Å². The third-order valence-corrected chi connectivity index (χ3v) is 5.41. The number of rotatable bonds is 7. The molecule has 0 radical (unpaired) electrons. The van der Waals surface area contributed by atoms with Crippen LogP contribution >= 0.6 is 0 Å². The van der Waals surface area contributed by atoms with Crippen LogP contribution in [0.5, 0.6) is 0 Å². The van der Waals surface area contributed by atoms with E-state index < -0.39 is 11.6 Å². The number of anilines is 1. The summed E-state index contributed by atoms with van der Waals surface area (Å²) in [6, 6.07) is 14.0. The van der Waals surface area contributed by atoms with E-state index >= 15 is 0 Å². The molecule has 0 fully saturated rings. The summed E-state index contributed by atoms with van der Waals surface area (Å²) < 4.78 is 3.64. The van der Waals surface area contributed by atoms with Crippen molar-refractivity contribution in [3.63, 3.8) is 0 Å². The lowest BCUT2D eigenvalue weighted by molar-refractivity contribution is -0.121. The Morgan fingerprint density at radius 3 is 2.44 bits per heavy atom. The highest BCUT2D eigenvalue weighted by Crippen LogP contribution is 2.14. The van der Waals surface area contributed by atoms with Crippen molar-refractivity contribution in [2.45, 2.75) is 46.3 Å². The fourth-order valence-electron chi connectivity index (χ4n) is 3.82. The zero-order valence-corrected chi connectivity index (χ0v) is 19.2. The van der Waals surface area contributed by atoms with Gasteiger partial charge in [-0.15, -0.1) is 5.10 Å². The minimum Gasteiger partial charge on any atom is -0.354 e. The molecule has 2 heterocycles. The van der Waals surface area contributed by atoms with Crippen LogP contribution in [0.2, 0.25) is 0 Å². The van der Waals surface area contributed by atoms with E-state index in [4.69, 9.17) is 0 Å². The van der Waals surface area contributed by atoms with Crippen molar-refractivity contribution in [2.24, 2.45) is 0 Å². The van der Waals surface area contributed by atoms with Gasteiger partial charge in [0.15, 0.2) is 0 Å². The summed E-state index contributed by atoms with van der Waals surface area (Å²) in [5, 5.41) is 10.2. The van der Waals surface area contributed by atoms with Crippen molar-refractivity contribution in [1.82, 2.24) is 24.1 Å². The summed E-state index contributed by atoms with van der Waals surface area (Å²) in [6.45, 7) is 5.28. The standard InChI is InChI=1S/C24H26N6O4/c1-15(2)25-20(31)12-13-28-22(33)17-9-5-7-11-19(17)30-23(28)27-29(24(30)34)14-21(32)26-18-10-6-4-8-16(18)3/h4-11,15H,12-14H2,1-3H3,(H,25,31)(H,26,32). The van der Waals surface area contributed by atoms with E-state index in [2.05, 4.69) is 15.7 Å². The Balaban J connectivity index is 1.75. The molecule has 34 heavy (non-hydrogen) atoms. The molecule has 0 aliphatic rings. The summed E-state index contributed by atoms with van der Waals surface area (Å²) in [5.41, 5.74) is 1.01. The molecule has 0 aliphatic heterocycles. The van der Waals surface area contributed by atoms with Crippen LogP contribution in [0.15, 0.2) is 58.1 Å². The van der Waals surface area contributed by atoms with Gasteiger partial charge in [0, 0.05) is 24.7 Å². The number of aromatic nitrogens is 4. The van der Waals surface area contributed by atoms with E-state index in [1.807, 2.05) is 32.9 Å². The predicted octanol–water partition coefficient (Wildman–Crippen LogP) is 1.67. The molecule has 0 bridgehead atoms. The number of carbonyl (C=O) groups excluding carboxylic acids is 2. The van der Waals surface area contributed by atoms with Crippen molar-refractivity contribution in [3.8, 4) is 0 Å². The van der Waals surface area contributed by atoms with Crippen LogP contribution in [0, 0.1) is 6.92 Å². The molecule has 0 aliphatic carbocycles. The van der Waals surface area contributed by atoms with E-state index in [9.17, 15) is 19.2 Å². The Hall–Kier alpha value is -4.21. The number of fused-ring (bicyclic) bond motifs is 3. The van der Waals surface area contributed by atoms with Crippen LogP contribution in [-0.4, -0.2) is 36.6 Å². The summed E-state index contributed by atoms with van der Waals surface area (Å²) in [5.74, 6) is -0.559. The topological polar surface area (TPSA) is 120 Å². The van der Waals surface area contributed by atoms with Crippen LogP contribution in [0.25, 0.3) is 16.7 Å². The quantitative estimate of drug-likeness (QED) is 0.433. The molecule has 2 N–H and O–H groups in total. The number of para-hydroxylation sites is 2. The fraction of sp³-hybridized carbons (Fsp3) is 0.292. The first-order valence-corrected chi connectivity index (χ1v) is 11.0. The molecule has 0 unspecified atom stereocenters. The van der Waals surface area contributed by atoms with Gasteiger partial charge >= 0.3 is 5.69 Å². The first kappa shape index (κ1) is 23.0. The molecular formula is C24H26N6O4. The molecule has 4 rings (SSSR count). The summed E-state index contributed by atoms with van der Waals surface area (Å²) in [6.07, 6.45) is 0.0426. The van der Waals surface area contributed by atoms with Gasteiger partial charge in [0.05, 0.1) is 10.9 Å². The van der Waals surface area contributed by atoms with Crippen LogP contribution in [-0.2, 0) is 22.7 Å². The number of nitrogens with zero attached hydrogens (tertiary/aromatic N) is 4. The second-order valence-corrected chi connectivity index (χ2v) is 8.38. The molecule has 2 amide bonds. The smallest absolute Gasteiger partial charge is 0.352 e. The fourth-order valence-corrected chi connectivity index (χ4v) is 3.82. The minimum atomic E-state index is -0.550. The second kappa shape index (κ2) is 9.34. The predicted molar refractivity (Wildman–Crippen MR) is 129 cm³/mol. The lowest BCUT2D eigenvalue weighted by Gasteiger charge is -2.11. The highest BCUT2D eigenvalue weighted by molar-refractivity contribution is 5.91. The number of aryl methyl sites for hydroxylation is 2. The van der Waals surface area contributed by atoms with E-state index in [0.29, 0.717) is 16.6 Å². The van der Waals surface area contributed by atoms with Gasteiger partial charge in [0.2, 0.25) is 17.6 Å². The lowest BCUT2D eigenvalue weighted by atomic mass is 10.2. The monoisotopic (exact) mass is 462 g/mol. The van der Waals surface area contributed by atoms with Gasteiger partial charge in [-0.1, -0.05) is 30.3 Å². The molecule has 0 spiro atoms. The molecule has 2 aromatic carbocycles. The van der Waals surface area contributed by atoms with Crippen molar-refractivity contribution < 1.29 is 9.59 Å². The maximum absolute atomic E-state index is 13.2. The minimum absolute atomic E-state index is 0.0329. The first-order chi connectivity index (χ1) is 16.3. The maximum Gasteiger partial charge on any atom is 0.352 e. The Morgan fingerprint density at radius 2 is 1.71 bits per heavy atom. The summed E-state index contributed by atoms with van der Waals surface area (Å²) in [7, 11) is 0. The largest absolute Gasteiger partial charge is 0.354 e. The highest BCUT2D eigenvalue weighted by Gasteiger charge is 2.19. The number of hydrogen-bond acceptors (Lipinski definition) is 5. The van der Waals surface area contributed by atoms with Gasteiger partial charge in [0.1, 0.15) is 6.54 Å². The van der Waals surface area contributed by atoms with E-state index in [0.717, 1.165) is 10.2 Å². The van der Waals surface area contributed by atoms with Crippen molar-refractivity contribution in [2.75, 3.05) is 5.32 Å². The van der Waals surface area contributed by atoms with Crippen LogP contribution in [0.4, 0.5) is 5.69 Å². The SMILES string of the molecule is Cc1ccccc1NC(=O)Cn1nc2n(CCC(=O)NC(C)C)c(=O)c3ccccc3n2c1=O. The molecule has 2 aromatic heterocycles. The molecule has 0 saturated heterocycles. The number of hydrogen-bond donors (Lipinski definition) is 2. The zero-order valence-electron chi connectivity index (χ0n) is 19.2. The average Bonchev–Trinajstić information content (AvgIpc) is 3.10. The van der Waals surface area contributed by atoms with E-state index in [1.54, 1.807) is 36.4 Å². The number of nitrogens with one attached hydrogen (secondary N) is 2. The van der Waals surface area contributed by atoms with Gasteiger partial charge in [-0.3, -0.25) is 19.0 Å². The lowest BCUT2D eigenvalue weighted by Crippen LogP contribution is -2.33. The molecule has 10 heteroatoms. The van der Waals surface area contributed by atoms with E-state index in [-0.39, 0.29) is 42.8 Å². The molecule has 0 saturated carbocycles.